The Balaban J connectivity index is 1.87. The second kappa shape index (κ2) is 7.36. The number of amides is 1. The summed E-state index contributed by atoms with van der Waals surface area (Å²) in [5.74, 6) is -0.538. The number of hydrogen-bond donors (Lipinski definition) is 2. The van der Waals surface area contributed by atoms with Crippen molar-refractivity contribution in [3.05, 3.63) is 76.8 Å². The molecular weight excluding hydrogens is 336 g/mol. The Morgan fingerprint density at radius 1 is 1.08 bits per heavy atom. The van der Waals surface area contributed by atoms with E-state index in [1.807, 2.05) is 43.3 Å². The number of nitrogens with zero attached hydrogens (tertiary/aromatic N) is 1. The number of phenols is 1. The minimum atomic E-state index is -0.462. The van der Waals surface area contributed by atoms with Crippen LogP contribution in [0.5, 0.6) is 5.75 Å². The van der Waals surface area contributed by atoms with E-state index < -0.39 is 5.91 Å². The average molecular weight is 353 g/mol. The Labute approximate surface area is 150 Å². The largest absolute Gasteiger partial charge is 0.507 e. The van der Waals surface area contributed by atoms with Gasteiger partial charge in [-0.05, 0) is 47.0 Å². The summed E-state index contributed by atoms with van der Waals surface area (Å²) in [4.78, 5) is 12.4. The van der Waals surface area contributed by atoms with E-state index in [1.165, 1.54) is 0 Å². The lowest BCUT2D eigenvalue weighted by molar-refractivity contribution is 0.0952. The summed E-state index contributed by atoms with van der Waals surface area (Å²) in [6.07, 6.45) is 0.629. The van der Waals surface area contributed by atoms with Crippen LogP contribution in [0.15, 0.2) is 65.8 Å². The fourth-order valence-electron chi connectivity index (χ4n) is 2.60. The monoisotopic (exact) mass is 352 g/mol. The smallest absolute Gasteiger partial charge is 0.275 e. The highest BCUT2D eigenvalue weighted by Gasteiger charge is 2.12. The standard InChI is InChI=1S/C20H17ClN2O2/c1-2-18(15-8-5-9-16(21)10-15)22-23-20(25)17-11-13-6-3-4-7-14(13)12-19(17)24/h3-12,24H,2H2,1H3,(H,23,25)/b22-18+. The molecule has 3 rings (SSSR count). The van der Waals surface area contributed by atoms with Crippen LogP contribution in [0, 0.1) is 0 Å². The van der Waals surface area contributed by atoms with Gasteiger partial charge in [0.05, 0.1) is 11.3 Å². The first-order chi connectivity index (χ1) is 12.1. The molecule has 0 spiro atoms. The molecule has 0 bridgehead atoms. The summed E-state index contributed by atoms with van der Waals surface area (Å²) in [6.45, 7) is 1.94. The number of halogens is 1. The van der Waals surface area contributed by atoms with Gasteiger partial charge in [0.2, 0.25) is 0 Å². The highest BCUT2D eigenvalue weighted by molar-refractivity contribution is 6.31. The third kappa shape index (κ3) is 3.80. The molecule has 0 aliphatic carbocycles. The van der Waals surface area contributed by atoms with E-state index in [9.17, 15) is 9.90 Å². The lowest BCUT2D eigenvalue weighted by atomic mass is 10.1. The van der Waals surface area contributed by atoms with Crippen LogP contribution in [0.3, 0.4) is 0 Å². The van der Waals surface area contributed by atoms with Crippen molar-refractivity contribution in [2.45, 2.75) is 13.3 Å². The number of carbonyl (C=O) groups excluding carboxylic acids is 1. The summed E-state index contributed by atoms with van der Waals surface area (Å²) in [7, 11) is 0. The molecule has 2 N–H and O–H groups in total. The van der Waals surface area contributed by atoms with Crippen LogP contribution in [0.1, 0.15) is 29.3 Å². The molecule has 0 atom stereocenters. The highest BCUT2D eigenvalue weighted by atomic mass is 35.5. The maximum absolute atomic E-state index is 12.4. The predicted octanol–water partition coefficient (Wildman–Crippen LogP) is 4.74. The predicted molar refractivity (Wildman–Crippen MR) is 101 cm³/mol. The molecule has 5 heteroatoms. The second-order valence-corrected chi connectivity index (χ2v) is 6.02. The number of fused-ring (bicyclic) bond motifs is 1. The van der Waals surface area contributed by atoms with E-state index >= 15 is 0 Å². The normalized spacial score (nSPS) is 11.5. The van der Waals surface area contributed by atoms with E-state index in [2.05, 4.69) is 10.5 Å². The van der Waals surface area contributed by atoms with E-state index in [0.29, 0.717) is 17.2 Å². The van der Waals surface area contributed by atoms with E-state index in [0.717, 1.165) is 16.3 Å². The molecule has 0 saturated carbocycles. The van der Waals surface area contributed by atoms with Crippen molar-refractivity contribution < 1.29 is 9.90 Å². The molecule has 0 aliphatic heterocycles. The molecule has 0 aliphatic rings. The Kier molecular flexibility index (Phi) is 5.00. The van der Waals surface area contributed by atoms with Crippen LogP contribution >= 0.6 is 11.6 Å². The highest BCUT2D eigenvalue weighted by Crippen LogP contribution is 2.25. The summed E-state index contributed by atoms with van der Waals surface area (Å²) in [6, 6.07) is 18.0. The minimum absolute atomic E-state index is 0.0767. The van der Waals surface area contributed by atoms with Gasteiger partial charge in [0.25, 0.3) is 5.91 Å². The Hall–Kier alpha value is -2.85. The number of aromatic hydroxyl groups is 1. The molecule has 0 aromatic heterocycles. The molecule has 0 unspecified atom stereocenters. The van der Waals surface area contributed by atoms with Crippen LogP contribution in [0.2, 0.25) is 5.02 Å². The van der Waals surface area contributed by atoms with Gasteiger partial charge in [-0.3, -0.25) is 4.79 Å². The Morgan fingerprint density at radius 3 is 2.48 bits per heavy atom. The van der Waals surface area contributed by atoms with Crippen molar-refractivity contribution in [3.63, 3.8) is 0 Å². The van der Waals surface area contributed by atoms with Gasteiger partial charge in [-0.15, -0.1) is 0 Å². The topological polar surface area (TPSA) is 61.7 Å². The quantitative estimate of drug-likeness (QED) is 0.526. The van der Waals surface area contributed by atoms with Gasteiger partial charge >= 0.3 is 0 Å². The first-order valence-electron chi connectivity index (χ1n) is 7.93. The van der Waals surface area contributed by atoms with Crippen molar-refractivity contribution in [3.8, 4) is 5.75 Å². The SMILES string of the molecule is CC/C(=N\NC(=O)c1cc2ccccc2cc1O)c1cccc(Cl)c1. The third-order valence-electron chi connectivity index (χ3n) is 3.89. The van der Waals surface area contributed by atoms with Crippen molar-refractivity contribution in [2.75, 3.05) is 0 Å². The lowest BCUT2D eigenvalue weighted by Gasteiger charge is -2.08. The van der Waals surface area contributed by atoms with Crippen molar-refractivity contribution in [1.82, 2.24) is 5.43 Å². The molecule has 3 aromatic rings. The van der Waals surface area contributed by atoms with Crippen molar-refractivity contribution >= 4 is 34.0 Å². The van der Waals surface area contributed by atoms with Gasteiger partial charge in [0.1, 0.15) is 5.75 Å². The third-order valence-corrected chi connectivity index (χ3v) is 4.13. The van der Waals surface area contributed by atoms with Crippen LogP contribution in [0.25, 0.3) is 10.8 Å². The van der Waals surface area contributed by atoms with Crippen molar-refractivity contribution in [1.29, 1.82) is 0 Å². The van der Waals surface area contributed by atoms with Crippen LogP contribution in [-0.4, -0.2) is 16.7 Å². The molecular formula is C20H17ClN2O2. The van der Waals surface area contributed by atoms with E-state index in [1.54, 1.807) is 24.3 Å². The maximum atomic E-state index is 12.4. The number of rotatable bonds is 4. The van der Waals surface area contributed by atoms with Crippen LogP contribution < -0.4 is 5.43 Å². The van der Waals surface area contributed by atoms with Gasteiger partial charge in [0.15, 0.2) is 0 Å². The van der Waals surface area contributed by atoms with Gasteiger partial charge < -0.3 is 5.11 Å². The number of phenolic OH excluding ortho intramolecular Hbond substituents is 1. The lowest BCUT2D eigenvalue weighted by Crippen LogP contribution is -2.20. The van der Waals surface area contributed by atoms with Crippen LogP contribution in [-0.2, 0) is 0 Å². The zero-order valence-corrected chi connectivity index (χ0v) is 14.4. The molecule has 0 saturated heterocycles. The minimum Gasteiger partial charge on any atom is -0.507 e. The second-order valence-electron chi connectivity index (χ2n) is 5.58. The fraction of sp³-hybridized carbons (Fsp3) is 0.100. The molecule has 25 heavy (non-hydrogen) atoms. The molecule has 0 heterocycles. The van der Waals surface area contributed by atoms with Gasteiger partial charge in [-0.2, -0.15) is 5.10 Å². The zero-order chi connectivity index (χ0) is 17.8. The first kappa shape index (κ1) is 17.0. The average Bonchev–Trinajstić information content (AvgIpc) is 2.61. The van der Waals surface area contributed by atoms with E-state index in [4.69, 9.17) is 11.6 Å². The molecule has 0 radical (unpaired) electrons. The summed E-state index contributed by atoms with van der Waals surface area (Å²) >= 11 is 6.01. The summed E-state index contributed by atoms with van der Waals surface area (Å²) in [5.41, 5.74) is 4.25. The molecule has 126 valence electrons. The summed E-state index contributed by atoms with van der Waals surface area (Å²) < 4.78 is 0. The van der Waals surface area contributed by atoms with Gasteiger partial charge in [-0.1, -0.05) is 54.9 Å². The fourth-order valence-corrected chi connectivity index (χ4v) is 2.79. The Morgan fingerprint density at radius 2 is 1.80 bits per heavy atom. The zero-order valence-electron chi connectivity index (χ0n) is 13.7. The first-order valence-corrected chi connectivity index (χ1v) is 8.31. The van der Waals surface area contributed by atoms with Crippen LogP contribution in [0.4, 0.5) is 0 Å². The van der Waals surface area contributed by atoms with E-state index in [-0.39, 0.29) is 11.3 Å². The molecule has 3 aromatic carbocycles. The summed E-state index contributed by atoms with van der Waals surface area (Å²) in [5, 5.41) is 16.7. The maximum Gasteiger partial charge on any atom is 0.275 e. The molecule has 0 fully saturated rings. The molecule has 4 nitrogen and oxygen atoms in total. The number of carbonyl (C=O) groups is 1. The Bertz CT molecular complexity index is 967. The van der Waals surface area contributed by atoms with Gasteiger partial charge in [0, 0.05) is 5.02 Å². The molecule has 1 amide bonds. The van der Waals surface area contributed by atoms with Crippen molar-refractivity contribution in [2.24, 2.45) is 5.10 Å². The number of benzene rings is 3. The van der Waals surface area contributed by atoms with Gasteiger partial charge in [-0.25, -0.2) is 5.43 Å². The number of hydrazone groups is 1. The number of nitrogens with one attached hydrogen (secondary N) is 1. The number of hydrogen-bond acceptors (Lipinski definition) is 3.